The quantitative estimate of drug-likeness (QED) is 0.888. The Morgan fingerprint density at radius 2 is 1.80 bits per heavy atom. The van der Waals surface area contributed by atoms with Crippen LogP contribution in [0.15, 0.2) is 30.3 Å². The first-order valence-electron chi connectivity index (χ1n) is 7.99. The number of likely N-dealkylation sites (N-methyl/N-ethyl adjacent to an activating group) is 1. The lowest BCUT2D eigenvalue weighted by Crippen LogP contribution is -2.45. The fourth-order valence-corrected chi connectivity index (χ4v) is 3.58. The van der Waals surface area contributed by atoms with Gasteiger partial charge in [0.2, 0.25) is 0 Å². The highest BCUT2D eigenvalue weighted by molar-refractivity contribution is 5.22. The first-order valence-corrected chi connectivity index (χ1v) is 7.99. The van der Waals surface area contributed by atoms with Crippen LogP contribution in [0.25, 0.3) is 0 Å². The standard InChI is InChI=1S/C18H30N2/c1-18(2,13-19)14-20(3)17-12-8-7-11-16(17)15-9-5-4-6-10-15/h4-6,9-10,16-17H,7-8,11-14,19H2,1-3H3. The van der Waals surface area contributed by atoms with Crippen molar-refractivity contribution < 1.29 is 0 Å². The Labute approximate surface area is 124 Å². The van der Waals surface area contributed by atoms with Crippen LogP contribution in [0.1, 0.15) is 51.0 Å². The van der Waals surface area contributed by atoms with E-state index < -0.39 is 0 Å². The first-order chi connectivity index (χ1) is 9.53. The van der Waals surface area contributed by atoms with Crippen molar-refractivity contribution in [3.05, 3.63) is 35.9 Å². The molecule has 2 atom stereocenters. The summed E-state index contributed by atoms with van der Waals surface area (Å²) in [7, 11) is 2.28. The SMILES string of the molecule is CN(CC(C)(C)CN)C1CCCCC1c1ccccc1. The van der Waals surface area contributed by atoms with Gasteiger partial charge in [0.1, 0.15) is 0 Å². The summed E-state index contributed by atoms with van der Waals surface area (Å²) < 4.78 is 0. The molecule has 0 aromatic heterocycles. The van der Waals surface area contributed by atoms with Gasteiger partial charge >= 0.3 is 0 Å². The molecule has 0 radical (unpaired) electrons. The predicted molar refractivity (Wildman–Crippen MR) is 86.9 cm³/mol. The molecule has 0 aliphatic heterocycles. The van der Waals surface area contributed by atoms with E-state index in [1.54, 1.807) is 0 Å². The van der Waals surface area contributed by atoms with Gasteiger partial charge in [-0.05, 0) is 43.3 Å². The molecule has 1 saturated carbocycles. The van der Waals surface area contributed by atoms with E-state index >= 15 is 0 Å². The summed E-state index contributed by atoms with van der Waals surface area (Å²) in [6, 6.07) is 11.7. The van der Waals surface area contributed by atoms with E-state index in [9.17, 15) is 0 Å². The van der Waals surface area contributed by atoms with Crippen LogP contribution < -0.4 is 5.73 Å². The molecule has 0 spiro atoms. The summed E-state index contributed by atoms with van der Waals surface area (Å²) in [5, 5.41) is 0. The Hall–Kier alpha value is -0.860. The van der Waals surface area contributed by atoms with Crippen molar-refractivity contribution in [1.82, 2.24) is 4.90 Å². The molecule has 2 heteroatoms. The van der Waals surface area contributed by atoms with Crippen LogP contribution in [0, 0.1) is 5.41 Å². The summed E-state index contributed by atoms with van der Waals surface area (Å²) in [5.74, 6) is 0.684. The normalized spacial score (nSPS) is 24.1. The fraction of sp³-hybridized carbons (Fsp3) is 0.667. The Bertz CT molecular complexity index is 399. The van der Waals surface area contributed by atoms with Gasteiger partial charge in [0.15, 0.2) is 0 Å². The summed E-state index contributed by atoms with van der Waals surface area (Å²) in [6.45, 7) is 6.37. The lowest BCUT2D eigenvalue weighted by molar-refractivity contribution is 0.120. The Balaban J connectivity index is 2.11. The van der Waals surface area contributed by atoms with Crippen LogP contribution >= 0.6 is 0 Å². The van der Waals surface area contributed by atoms with E-state index in [1.807, 2.05) is 0 Å². The van der Waals surface area contributed by atoms with Gasteiger partial charge in [0.05, 0.1) is 0 Å². The molecule has 0 heterocycles. The molecule has 2 rings (SSSR count). The molecule has 112 valence electrons. The molecule has 2 N–H and O–H groups in total. The van der Waals surface area contributed by atoms with Crippen molar-refractivity contribution in [3.8, 4) is 0 Å². The minimum absolute atomic E-state index is 0.202. The highest BCUT2D eigenvalue weighted by Crippen LogP contribution is 2.36. The lowest BCUT2D eigenvalue weighted by atomic mass is 9.78. The molecule has 2 nitrogen and oxygen atoms in total. The van der Waals surface area contributed by atoms with Gasteiger partial charge in [-0.25, -0.2) is 0 Å². The third kappa shape index (κ3) is 3.83. The van der Waals surface area contributed by atoms with Crippen molar-refractivity contribution in [1.29, 1.82) is 0 Å². The zero-order valence-electron chi connectivity index (χ0n) is 13.3. The zero-order chi connectivity index (χ0) is 14.6. The topological polar surface area (TPSA) is 29.3 Å². The molecular formula is C18H30N2. The molecule has 20 heavy (non-hydrogen) atoms. The second kappa shape index (κ2) is 6.73. The van der Waals surface area contributed by atoms with E-state index in [1.165, 1.54) is 31.2 Å². The summed E-state index contributed by atoms with van der Waals surface area (Å²) in [4.78, 5) is 2.56. The maximum atomic E-state index is 5.90. The van der Waals surface area contributed by atoms with Crippen LogP contribution in [0.4, 0.5) is 0 Å². The maximum absolute atomic E-state index is 5.90. The average molecular weight is 274 g/mol. The lowest BCUT2D eigenvalue weighted by Gasteiger charge is -2.41. The third-order valence-electron chi connectivity index (χ3n) is 4.75. The average Bonchev–Trinajstić information content (AvgIpc) is 2.48. The number of hydrogen-bond acceptors (Lipinski definition) is 2. The Morgan fingerprint density at radius 3 is 2.45 bits per heavy atom. The van der Waals surface area contributed by atoms with Crippen LogP contribution in [0.5, 0.6) is 0 Å². The zero-order valence-corrected chi connectivity index (χ0v) is 13.3. The summed E-state index contributed by atoms with van der Waals surface area (Å²) in [6.07, 6.45) is 5.37. The molecule has 0 bridgehead atoms. The maximum Gasteiger partial charge on any atom is 0.0161 e. The van der Waals surface area contributed by atoms with Crippen LogP contribution in [0.3, 0.4) is 0 Å². The highest BCUT2D eigenvalue weighted by atomic mass is 15.1. The third-order valence-corrected chi connectivity index (χ3v) is 4.75. The first kappa shape index (κ1) is 15.5. The van der Waals surface area contributed by atoms with Gasteiger partial charge in [-0.15, -0.1) is 0 Å². The number of nitrogens with two attached hydrogens (primary N) is 1. The van der Waals surface area contributed by atoms with Gasteiger partial charge in [0, 0.05) is 12.6 Å². The van der Waals surface area contributed by atoms with E-state index in [0.717, 1.165) is 13.1 Å². The smallest absolute Gasteiger partial charge is 0.0161 e. The van der Waals surface area contributed by atoms with Gasteiger partial charge in [-0.1, -0.05) is 57.0 Å². The Morgan fingerprint density at radius 1 is 1.15 bits per heavy atom. The van der Waals surface area contributed by atoms with Gasteiger partial charge < -0.3 is 10.6 Å². The molecule has 2 unspecified atom stereocenters. The number of hydrogen-bond donors (Lipinski definition) is 1. The van der Waals surface area contributed by atoms with E-state index in [-0.39, 0.29) is 5.41 Å². The van der Waals surface area contributed by atoms with Crippen molar-refractivity contribution in [3.63, 3.8) is 0 Å². The molecule has 0 saturated heterocycles. The molecule has 1 aromatic rings. The highest BCUT2D eigenvalue weighted by Gasteiger charge is 2.31. The van der Waals surface area contributed by atoms with E-state index in [0.29, 0.717) is 12.0 Å². The van der Waals surface area contributed by atoms with Gasteiger partial charge in [-0.3, -0.25) is 0 Å². The van der Waals surface area contributed by atoms with Crippen LogP contribution in [-0.4, -0.2) is 31.1 Å². The second-order valence-electron chi connectivity index (χ2n) is 7.15. The number of rotatable bonds is 5. The number of nitrogens with zero attached hydrogens (tertiary/aromatic N) is 1. The van der Waals surface area contributed by atoms with E-state index in [4.69, 9.17) is 5.73 Å². The van der Waals surface area contributed by atoms with Gasteiger partial charge in [-0.2, -0.15) is 0 Å². The largest absolute Gasteiger partial charge is 0.330 e. The summed E-state index contributed by atoms with van der Waals surface area (Å²) in [5.41, 5.74) is 7.61. The summed E-state index contributed by atoms with van der Waals surface area (Å²) >= 11 is 0. The molecule has 0 amide bonds. The molecule has 1 aromatic carbocycles. The number of benzene rings is 1. The fourth-order valence-electron chi connectivity index (χ4n) is 3.58. The van der Waals surface area contributed by atoms with Crippen LogP contribution in [0.2, 0.25) is 0 Å². The van der Waals surface area contributed by atoms with E-state index in [2.05, 4.69) is 56.1 Å². The Kier molecular flexibility index (Phi) is 5.22. The molecule has 1 aliphatic carbocycles. The van der Waals surface area contributed by atoms with Crippen molar-refractivity contribution in [2.75, 3.05) is 20.1 Å². The predicted octanol–water partition coefficient (Wildman–Crippen LogP) is 3.63. The van der Waals surface area contributed by atoms with Crippen LogP contribution in [-0.2, 0) is 0 Å². The van der Waals surface area contributed by atoms with Crippen molar-refractivity contribution in [2.24, 2.45) is 11.1 Å². The second-order valence-corrected chi connectivity index (χ2v) is 7.15. The van der Waals surface area contributed by atoms with Crippen molar-refractivity contribution >= 4 is 0 Å². The minimum atomic E-state index is 0.202. The molecule has 1 aliphatic rings. The van der Waals surface area contributed by atoms with Crippen molar-refractivity contribution in [2.45, 2.75) is 51.5 Å². The van der Waals surface area contributed by atoms with Gasteiger partial charge in [0.25, 0.3) is 0 Å². The molecular weight excluding hydrogens is 244 g/mol. The molecule has 1 fully saturated rings. The monoisotopic (exact) mass is 274 g/mol. The minimum Gasteiger partial charge on any atom is -0.330 e.